The van der Waals surface area contributed by atoms with E-state index >= 15 is 0 Å². The van der Waals surface area contributed by atoms with Crippen molar-refractivity contribution >= 4 is 44.0 Å². The Labute approximate surface area is 204 Å². The first kappa shape index (κ1) is 25.6. The number of halogens is 3. The maximum atomic E-state index is 15.0. The molecule has 0 atom stereocenters. The highest BCUT2D eigenvalue weighted by Crippen LogP contribution is 2.30. The lowest BCUT2D eigenvalue weighted by Crippen LogP contribution is -2.40. The summed E-state index contributed by atoms with van der Waals surface area (Å²) < 4.78 is 74.9. The molecule has 1 aliphatic rings. The quantitative estimate of drug-likeness (QED) is 0.384. The Bertz CT molecular complexity index is 1400. The van der Waals surface area contributed by atoms with Crippen molar-refractivity contribution in [3.05, 3.63) is 53.6 Å². The van der Waals surface area contributed by atoms with Crippen LogP contribution in [0.3, 0.4) is 0 Å². The Morgan fingerprint density at radius 1 is 1.14 bits per heavy atom. The smallest absolute Gasteiger partial charge is 0.258 e. The minimum Gasteiger partial charge on any atom is -0.379 e. The normalized spacial score (nSPS) is 14.6. The van der Waals surface area contributed by atoms with Crippen molar-refractivity contribution in [1.29, 1.82) is 0 Å². The van der Waals surface area contributed by atoms with Gasteiger partial charge >= 0.3 is 0 Å². The lowest BCUT2D eigenvalue weighted by Gasteiger charge is -2.27. The summed E-state index contributed by atoms with van der Waals surface area (Å²) in [4.78, 5) is 21.4. The molecule has 2 heterocycles. The van der Waals surface area contributed by atoms with Gasteiger partial charge in [0, 0.05) is 24.5 Å². The predicted molar refractivity (Wildman–Crippen MR) is 128 cm³/mol. The van der Waals surface area contributed by atoms with Gasteiger partial charge in [0.05, 0.1) is 35.7 Å². The number of morpholine rings is 1. The molecule has 1 aromatic heterocycles. The van der Waals surface area contributed by atoms with Crippen LogP contribution in [0.25, 0.3) is 10.9 Å². The molecule has 10 nitrogen and oxygen atoms in total. The lowest BCUT2D eigenvalue weighted by atomic mass is 10.1. The molecule has 0 saturated carbocycles. The van der Waals surface area contributed by atoms with Crippen molar-refractivity contribution in [1.82, 2.24) is 15.0 Å². The van der Waals surface area contributed by atoms with Gasteiger partial charge in [0.2, 0.25) is 10.0 Å². The number of hydrogen-bond acceptors (Lipinski definition) is 8. The van der Waals surface area contributed by atoms with E-state index in [1.165, 1.54) is 18.5 Å². The van der Waals surface area contributed by atoms with Crippen LogP contribution in [0.4, 0.5) is 30.4 Å². The van der Waals surface area contributed by atoms with Crippen LogP contribution in [0.15, 0.2) is 30.6 Å². The Kier molecular flexibility index (Phi) is 7.56. The average Bonchev–Trinajstić information content (AvgIpc) is 2.85. The van der Waals surface area contributed by atoms with Crippen LogP contribution >= 0.6 is 0 Å². The highest BCUT2D eigenvalue weighted by molar-refractivity contribution is 7.92. The molecule has 3 aromatic rings. The van der Waals surface area contributed by atoms with Gasteiger partial charge in [-0.15, -0.1) is 0 Å². The molecular weight excluding hydrogens is 501 g/mol. The summed E-state index contributed by atoms with van der Waals surface area (Å²) in [6.45, 7) is 3.86. The molecule has 1 aliphatic heterocycles. The van der Waals surface area contributed by atoms with Gasteiger partial charge in [0.25, 0.3) is 5.91 Å². The van der Waals surface area contributed by atoms with Gasteiger partial charge < -0.3 is 15.5 Å². The molecule has 36 heavy (non-hydrogen) atoms. The predicted octanol–water partition coefficient (Wildman–Crippen LogP) is 3.11. The van der Waals surface area contributed by atoms with Gasteiger partial charge in [-0.2, -0.15) is 0 Å². The second kappa shape index (κ2) is 10.6. The van der Waals surface area contributed by atoms with Gasteiger partial charge in [-0.25, -0.2) is 36.6 Å². The molecule has 0 radical (unpaired) electrons. The fourth-order valence-corrected chi connectivity index (χ4v) is 4.76. The third kappa shape index (κ3) is 5.50. The SMILES string of the molecule is CCCS(=O)(=O)Nc1cc(F)c(F)c(NC(=O)c2cccc3c(NN4CCOCC4)ncnc23)c1F. The van der Waals surface area contributed by atoms with Crippen molar-refractivity contribution in [2.45, 2.75) is 13.3 Å². The van der Waals surface area contributed by atoms with Crippen molar-refractivity contribution in [3.8, 4) is 0 Å². The van der Waals surface area contributed by atoms with E-state index in [9.17, 15) is 26.4 Å². The Morgan fingerprint density at radius 3 is 2.61 bits per heavy atom. The van der Waals surface area contributed by atoms with E-state index in [2.05, 4.69) is 15.4 Å². The molecule has 2 aromatic carbocycles. The maximum Gasteiger partial charge on any atom is 0.258 e. The summed E-state index contributed by atoms with van der Waals surface area (Å²) >= 11 is 0. The molecule has 14 heteroatoms. The number of para-hydroxylation sites is 1. The highest BCUT2D eigenvalue weighted by Gasteiger charge is 2.25. The van der Waals surface area contributed by atoms with Crippen LogP contribution < -0.4 is 15.5 Å². The number of nitrogens with zero attached hydrogens (tertiary/aromatic N) is 3. The number of nitrogens with one attached hydrogen (secondary N) is 3. The Hall–Kier alpha value is -3.49. The fourth-order valence-electron chi connectivity index (χ4n) is 3.64. The van der Waals surface area contributed by atoms with Crippen LogP contribution in [0.1, 0.15) is 23.7 Å². The second-order valence-electron chi connectivity index (χ2n) is 7.92. The first-order valence-electron chi connectivity index (χ1n) is 11.0. The maximum absolute atomic E-state index is 15.0. The second-order valence-corrected chi connectivity index (χ2v) is 9.76. The Morgan fingerprint density at radius 2 is 1.89 bits per heavy atom. The van der Waals surface area contributed by atoms with Crippen molar-refractivity contribution in [2.24, 2.45) is 0 Å². The molecule has 1 saturated heterocycles. The van der Waals surface area contributed by atoms with Crippen LogP contribution in [0.2, 0.25) is 0 Å². The van der Waals surface area contributed by atoms with Crippen LogP contribution in [-0.4, -0.2) is 61.4 Å². The summed E-state index contributed by atoms with van der Waals surface area (Å²) in [6.07, 6.45) is 1.45. The summed E-state index contributed by atoms with van der Waals surface area (Å²) in [6, 6.07) is 4.96. The van der Waals surface area contributed by atoms with E-state index in [1.54, 1.807) is 13.0 Å². The fraction of sp³-hybridized carbons (Fsp3) is 0.318. The van der Waals surface area contributed by atoms with Crippen LogP contribution in [0.5, 0.6) is 0 Å². The zero-order valence-electron chi connectivity index (χ0n) is 19.1. The summed E-state index contributed by atoms with van der Waals surface area (Å²) in [5, 5.41) is 4.36. The van der Waals surface area contributed by atoms with E-state index in [4.69, 9.17) is 4.74 Å². The van der Waals surface area contributed by atoms with Gasteiger partial charge in [-0.1, -0.05) is 13.0 Å². The number of ether oxygens (including phenoxy) is 1. The van der Waals surface area contributed by atoms with Crippen molar-refractivity contribution < 1.29 is 31.1 Å². The first-order valence-corrected chi connectivity index (χ1v) is 12.7. The third-order valence-corrected chi connectivity index (χ3v) is 6.79. The van der Waals surface area contributed by atoms with Crippen LogP contribution in [-0.2, 0) is 14.8 Å². The number of carbonyl (C=O) groups excluding carboxylic acids is 1. The molecular formula is C22H23F3N6O4S. The number of carbonyl (C=O) groups is 1. The number of benzene rings is 2. The molecule has 0 unspecified atom stereocenters. The van der Waals surface area contributed by atoms with Gasteiger partial charge in [-0.3, -0.25) is 9.52 Å². The zero-order chi connectivity index (χ0) is 25.9. The zero-order valence-corrected chi connectivity index (χ0v) is 20.0. The van der Waals surface area contributed by atoms with E-state index in [-0.39, 0.29) is 23.3 Å². The summed E-state index contributed by atoms with van der Waals surface area (Å²) in [5.74, 6) is -5.62. The number of anilines is 3. The minimum absolute atomic E-state index is 0.0592. The van der Waals surface area contributed by atoms with E-state index in [0.29, 0.717) is 43.6 Å². The van der Waals surface area contributed by atoms with Crippen molar-refractivity contribution in [3.63, 3.8) is 0 Å². The number of fused-ring (bicyclic) bond motifs is 1. The lowest BCUT2D eigenvalue weighted by molar-refractivity contribution is 0.0495. The number of rotatable bonds is 8. The molecule has 0 bridgehead atoms. The molecule has 0 spiro atoms. The van der Waals surface area contributed by atoms with Crippen LogP contribution in [0, 0.1) is 17.5 Å². The van der Waals surface area contributed by atoms with E-state index < -0.39 is 44.8 Å². The standard InChI is InChI=1S/C22H23F3N6O4S/c1-2-10-36(33,34)30-16-11-15(23)17(24)20(18(16)25)28-22(32)14-5-3-4-13-19(14)26-12-27-21(13)29-31-6-8-35-9-7-31/h3-5,11-12,30H,2,6-10H2,1H3,(H,28,32)(H,26,27,29). The molecule has 3 N–H and O–H groups in total. The molecule has 1 amide bonds. The number of aromatic nitrogens is 2. The number of hydrazine groups is 1. The van der Waals surface area contributed by atoms with Gasteiger partial charge in [-0.05, 0) is 18.6 Å². The summed E-state index contributed by atoms with van der Waals surface area (Å²) in [5.41, 5.74) is 1.31. The first-order chi connectivity index (χ1) is 17.2. The highest BCUT2D eigenvalue weighted by atomic mass is 32.2. The van der Waals surface area contributed by atoms with Gasteiger partial charge in [0.1, 0.15) is 12.0 Å². The topological polar surface area (TPSA) is 126 Å². The molecule has 0 aliphatic carbocycles. The Balaban J connectivity index is 1.66. The number of sulfonamides is 1. The van der Waals surface area contributed by atoms with E-state index in [0.717, 1.165) is 0 Å². The van der Waals surface area contributed by atoms with Crippen molar-refractivity contribution in [2.75, 3.05) is 47.5 Å². The summed E-state index contributed by atoms with van der Waals surface area (Å²) in [7, 11) is -4.01. The minimum atomic E-state index is -4.01. The molecule has 1 fully saturated rings. The monoisotopic (exact) mass is 524 g/mol. The van der Waals surface area contributed by atoms with Gasteiger partial charge in [0.15, 0.2) is 23.3 Å². The van der Waals surface area contributed by atoms with E-state index in [1.807, 2.05) is 15.0 Å². The molecule has 192 valence electrons. The molecule has 4 rings (SSSR count). The largest absolute Gasteiger partial charge is 0.379 e. The average molecular weight is 525 g/mol. The number of hydrogen-bond donors (Lipinski definition) is 3. The number of amides is 1. The third-order valence-electron chi connectivity index (χ3n) is 5.32.